The van der Waals surface area contributed by atoms with Gasteiger partial charge in [0.25, 0.3) is 0 Å². The van der Waals surface area contributed by atoms with E-state index in [4.69, 9.17) is 30.7 Å². The van der Waals surface area contributed by atoms with E-state index in [9.17, 15) is 0 Å². The Bertz CT molecular complexity index is 169. The number of hydrogen-bond donors (Lipinski definition) is 5. The van der Waals surface area contributed by atoms with E-state index in [1.807, 2.05) is 0 Å². The van der Waals surface area contributed by atoms with E-state index in [2.05, 4.69) is 0 Å². The summed E-state index contributed by atoms with van der Waals surface area (Å²) in [4.78, 5) is 21.6. The van der Waals surface area contributed by atoms with Crippen molar-refractivity contribution >= 4 is 7.82 Å². The van der Waals surface area contributed by atoms with Gasteiger partial charge in [-0.1, -0.05) is 38.5 Å². The normalized spacial score (nSPS) is 10.9. The molecule has 0 saturated carbocycles. The molecule has 0 aromatic heterocycles. The van der Waals surface area contributed by atoms with Gasteiger partial charge >= 0.3 is 7.82 Å². The number of rotatable bonds is 9. The standard InChI is InChI=1S/C10H24N2.H3O4P/c11-9-7-5-3-1-2-4-6-8-10-12;1-5(2,3)4/h1-12H2;(H3,1,2,3,4). The van der Waals surface area contributed by atoms with E-state index in [0.717, 1.165) is 13.1 Å². The molecule has 0 atom stereocenters. The van der Waals surface area contributed by atoms with Crippen LogP contribution in [0.25, 0.3) is 0 Å². The first-order valence-electron chi connectivity index (χ1n) is 6.10. The molecule has 0 aliphatic carbocycles. The molecule has 0 unspecified atom stereocenters. The van der Waals surface area contributed by atoms with Crippen LogP contribution in [0.4, 0.5) is 0 Å². The van der Waals surface area contributed by atoms with Gasteiger partial charge in [0, 0.05) is 0 Å². The van der Waals surface area contributed by atoms with Gasteiger partial charge in [0.15, 0.2) is 0 Å². The molecular formula is C10H27N2O4P. The summed E-state index contributed by atoms with van der Waals surface area (Å²) in [5.74, 6) is 0. The van der Waals surface area contributed by atoms with Crippen molar-refractivity contribution in [2.45, 2.75) is 51.4 Å². The van der Waals surface area contributed by atoms with Gasteiger partial charge in [-0.05, 0) is 25.9 Å². The summed E-state index contributed by atoms with van der Waals surface area (Å²) in [6.07, 6.45) is 10.5. The van der Waals surface area contributed by atoms with Gasteiger partial charge in [-0.15, -0.1) is 0 Å². The van der Waals surface area contributed by atoms with Gasteiger partial charge in [-0.2, -0.15) is 0 Å². The highest BCUT2D eigenvalue weighted by Crippen LogP contribution is 2.25. The Balaban J connectivity index is 0. The third-order valence-corrected chi connectivity index (χ3v) is 2.16. The molecule has 17 heavy (non-hydrogen) atoms. The highest BCUT2D eigenvalue weighted by atomic mass is 31.2. The molecule has 0 rings (SSSR count). The zero-order valence-corrected chi connectivity index (χ0v) is 11.3. The van der Waals surface area contributed by atoms with Gasteiger partial charge in [0.1, 0.15) is 0 Å². The molecule has 6 nitrogen and oxygen atoms in total. The average Bonchev–Trinajstić information content (AvgIpc) is 2.20. The highest BCUT2D eigenvalue weighted by Gasteiger charge is 2.00. The Kier molecular flexibility index (Phi) is 16.1. The summed E-state index contributed by atoms with van der Waals surface area (Å²) in [6, 6.07) is 0. The van der Waals surface area contributed by atoms with Gasteiger partial charge in [-0.3, -0.25) is 0 Å². The molecule has 0 aliphatic rings. The van der Waals surface area contributed by atoms with Crippen LogP contribution in [0.1, 0.15) is 51.4 Å². The van der Waals surface area contributed by atoms with Crippen molar-refractivity contribution in [3.05, 3.63) is 0 Å². The topological polar surface area (TPSA) is 130 Å². The molecule has 0 heterocycles. The minimum absolute atomic E-state index is 0.854. The van der Waals surface area contributed by atoms with E-state index in [1.54, 1.807) is 0 Å². The summed E-state index contributed by atoms with van der Waals surface area (Å²) in [7, 11) is -4.64. The van der Waals surface area contributed by atoms with E-state index in [-0.39, 0.29) is 0 Å². The maximum atomic E-state index is 8.88. The lowest BCUT2D eigenvalue weighted by Gasteiger charge is -2.00. The van der Waals surface area contributed by atoms with Crippen LogP contribution >= 0.6 is 7.82 Å². The monoisotopic (exact) mass is 270 g/mol. The first-order valence-corrected chi connectivity index (χ1v) is 7.66. The summed E-state index contributed by atoms with van der Waals surface area (Å²) >= 11 is 0. The molecule has 0 bridgehead atoms. The maximum Gasteiger partial charge on any atom is 0.466 e. The molecule has 7 heteroatoms. The largest absolute Gasteiger partial charge is 0.466 e. The number of hydrogen-bond acceptors (Lipinski definition) is 3. The van der Waals surface area contributed by atoms with Gasteiger partial charge < -0.3 is 26.1 Å². The molecule has 0 aromatic rings. The average molecular weight is 270 g/mol. The Hall–Kier alpha value is 0.0300. The van der Waals surface area contributed by atoms with Crippen molar-refractivity contribution in [2.75, 3.05) is 13.1 Å². The third kappa shape index (κ3) is 38.7. The molecule has 0 aromatic carbocycles. The van der Waals surface area contributed by atoms with E-state index in [0.29, 0.717) is 0 Å². The van der Waals surface area contributed by atoms with Crippen LogP contribution in [0.5, 0.6) is 0 Å². The summed E-state index contributed by atoms with van der Waals surface area (Å²) in [5.41, 5.74) is 10.8. The minimum Gasteiger partial charge on any atom is -0.330 e. The molecule has 7 N–H and O–H groups in total. The number of nitrogens with two attached hydrogens (primary N) is 2. The van der Waals surface area contributed by atoms with Gasteiger partial charge in [0.05, 0.1) is 0 Å². The molecule has 0 radical (unpaired) electrons. The molecule has 0 amide bonds. The first kappa shape index (κ1) is 19.4. The van der Waals surface area contributed by atoms with E-state index < -0.39 is 7.82 Å². The maximum absolute atomic E-state index is 8.88. The molecule has 0 aliphatic heterocycles. The molecule has 106 valence electrons. The van der Waals surface area contributed by atoms with Gasteiger partial charge in [0.2, 0.25) is 0 Å². The first-order chi connectivity index (χ1) is 7.91. The zero-order chi connectivity index (χ0) is 13.6. The second-order valence-corrected chi connectivity index (χ2v) is 4.95. The van der Waals surface area contributed by atoms with Crippen LogP contribution in [0.2, 0.25) is 0 Å². The number of unbranched alkanes of at least 4 members (excludes halogenated alkanes) is 7. The lowest BCUT2D eigenvalue weighted by Crippen LogP contribution is -1.98. The quantitative estimate of drug-likeness (QED) is 0.315. The lowest BCUT2D eigenvalue weighted by molar-refractivity contribution is 0.275. The third-order valence-electron chi connectivity index (χ3n) is 2.16. The Labute approximate surface area is 104 Å². The zero-order valence-electron chi connectivity index (χ0n) is 10.4. The van der Waals surface area contributed by atoms with Crippen molar-refractivity contribution in [3.8, 4) is 0 Å². The van der Waals surface area contributed by atoms with Crippen LogP contribution in [0, 0.1) is 0 Å². The predicted octanol–water partition coefficient (Wildman–Crippen LogP) is 1.10. The van der Waals surface area contributed by atoms with Crippen molar-refractivity contribution in [1.29, 1.82) is 0 Å². The Morgan fingerprint density at radius 3 is 1.00 bits per heavy atom. The van der Waals surface area contributed by atoms with Crippen molar-refractivity contribution in [2.24, 2.45) is 11.5 Å². The molecule has 0 spiro atoms. The summed E-state index contributed by atoms with van der Waals surface area (Å²) in [5, 5.41) is 0. The van der Waals surface area contributed by atoms with E-state index in [1.165, 1.54) is 51.4 Å². The smallest absolute Gasteiger partial charge is 0.330 e. The lowest BCUT2D eigenvalue weighted by atomic mass is 10.1. The second-order valence-electron chi connectivity index (χ2n) is 3.92. The predicted molar refractivity (Wildman–Crippen MR) is 69.3 cm³/mol. The van der Waals surface area contributed by atoms with Crippen LogP contribution < -0.4 is 11.5 Å². The van der Waals surface area contributed by atoms with Crippen LogP contribution in [0.3, 0.4) is 0 Å². The van der Waals surface area contributed by atoms with Crippen molar-refractivity contribution in [1.82, 2.24) is 0 Å². The fourth-order valence-electron chi connectivity index (χ4n) is 1.35. The van der Waals surface area contributed by atoms with Crippen molar-refractivity contribution < 1.29 is 19.2 Å². The fourth-order valence-corrected chi connectivity index (χ4v) is 1.35. The minimum atomic E-state index is -4.64. The van der Waals surface area contributed by atoms with Crippen LogP contribution in [0.15, 0.2) is 0 Å². The van der Waals surface area contributed by atoms with Crippen LogP contribution in [-0.2, 0) is 4.57 Å². The van der Waals surface area contributed by atoms with Gasteiger partial charge in [-0.25, -0.2) is 4.57 Å². The van der Waals surface area contributed by atoms with Crippen molar-refractivity contribution in [3.63, 3.8) is 0 Å². The summed E-state index contributed by atoms with van der Waals surface area (Å²) in [6.45, 7) is 1.71. The molecular weight excluding hydrogens is 243 g/mol. The molecule has 0 fully saturated rings. The molecule has 0 saturated heterocycles. The highest BCUT2D eigenvalue weighted by molar-refractivity contribution is 7.45. The SMILES string of the molecule is NCCCCCCCCCCN.O=P(O)(O)O. The summed E-state index contributed by atoms with van der Waals surface area (Å²) < 4.78 is 8.88. The Morgan fingerprint density at radius 1 is 0.647 bits per heavy atom. The second kappa shape index (κ2) is 14.1. The Morgan fingerprint density at radius 2 is 0.824 bits per heavy atom. The van der Waals surface area contributed by atoms with E-state index >= 15 is 0 Å². The number of phosphoric acid groups is 1. The fraction of sp³-hybridized carbons (Fsp3) is 1.00. The van der Waals surface area contributed by atoms with Crippen LogP contribution in [-0.4, -0.2) is 27.8 Å².